The van der Waals surface area contributed by atoms with E-state index in [2.05, 4.69) is 10.2 Å². The van der Waals surface area contributed by atoms with Crippen molar-refractivity contribution in [3.8, 4) is 28.6 Å². The molecule has 31 heavy (non-hydrogen) atoms. The van der Waals surface area contributed by atoms with Crippen LogP contribution in [0, 0.1) is 0 Å². The lowest BCUT2D eigenvalue weighted by molar-refractivity contribution is -0.136. The minimum Gasteiger partial charge on any atom is -0.493 e. The number of nitrogens with zero attached hydrogens (tertiary/aromatic N) is 4. The van der Waals surface area contributed by atoms with Gasteiger partial charge in [0.1, 0.15) is 0 Å². The van der Waals surface area contributed by atoms with Crippen molar-refractivity contribution in [2.75, 3.05) is 21.3 Å². The first-order valence-electron chi connectivity index (χ1n) is 9.34. The van der Waals surface area contributed by atoms with Crippen LogP contribution in [0.4, 0.5) is 0 Å². The maximum absolute atomic E-state index is 11.4. The fraction of sp³-hybridized carbons (Fsp3) is 0.238. The zero-order valence-corrected chi connectivity index (χ0v) is 17.9. The van der Waals surface area contributed by atoms with E-state index in [0.717, 1.165) is 5.56 Å². The molecule has 10 heteroatoms. The second kappa shape index (κ2) is 8.68. The Kier molecular flexibility index (Phi) is 5.81. The van der Waals surface area contributed by atoms with Gasteiger partial charge in [-0.15, -0.1) is 10.2 Å². The molecule has 1 atom stereocenters. The largest absolute Gasteiger partial charge is 0.493 e. The van der Waals surface area contributed by atoms with Gasteiger partial charge in [-0.2, -0.15) is 9.78 Å². The van der Waals surface area contributed by atoms with Crippen molar-refractivity contribution in [1.82, 2.24) is 14.9 Å². The molecule has 2 heterocycles. The molecule has 1 aliphatic rings. The maximum Gasteiger partial charge on any atom is 0.304 e. The number of ether oxygens (including phenoxy) is 3. The van der Waals surface area contributed by atoms with Crippen molar-refractivity contribution in [1.29, 1.82) is 0 Å². The van der Waals surface area contributed by atoms with Gasteiger partial charge in [-0.3, -0.25) is 4.79 Å². The number of carboxylic acids is 1. The first-order valence-corrected chi connectivity index (χ1v) is 10.2. The highest BCUT2D eigenvalue weighted by Crippen LogP contribution is 2.42. The van der Waals surface area contributed by atoms with Crippen LogP contribution in [0.3, 0.4) is 0 Å². The molecule has 0 saturated carbocycles. The van der Waals surface area contributed by atoms with Crippen LogP contribution in [-0.4, -0.2) is 58.2 Å². The summed E-state index contributed by atoms with van der Waals surface area (Å²) in [5.74, 6) is 1.00. The van der Waals surface area contributed by atoms with E-state index in [4.69, 9.17) is 19.3 Å². The number of methoxy groups -OCH3 is 3. The molecule has 0 fully saturated rings. The molecule has 9 nitrogen and oxygen atoms in total. The van der Waals surface area contributed by atoms with Gasteiger partial charge in [-0.25, -0.2) is 0 Å². The number of thioether (sulfide) groups is 1. The van der Waals surface area contributed by atoms with Crippen LogP contribution < -0.4 is 14.2 Å². The monoisotopic (exact) mass is 440 g/mol. The number of carbonyl (C=O) groups is 1. The van der Waals surface area contributed by atoms with E-state index in [0.29, 0.717) is 39.5 Å². The third-order valence-electron chi connectivity index (χ3n) is 4.72. The maximum atomic E-state index is 11.4. The van der Waals surface area contributed by atoms with Gasteiger partial charge in [-0.05, 0) is 17.7 Å². The van der Waals surface area contributed by atoms with Crippen molar-refractivity contribution in [3.63, 3.8) is 0 Å². The molecule has 0 bridgehead atoms. The molecule has 2 aromatic carbocycles. The minimum absolute atomic E-state index is 0.0786. The first-order chi connectivity index (χ1) is 15.0. The minimum atomic E-state index is -0.904. The van der Waals surface area contributed by atoms with E-state index in [1.54, 1.807) is 31.0 Å². The number of carboxylic acid groups (broad SMARTS) is 1. The van der Waals surface area contributed by atoms with Gasteiger partial charge in [0.15, 0.2) is 17.3 Å². The molecule has 160 valence electrons. The predicted octanol–water partition coefficient (Wildman–Crippen LogP) is 3.17. The summed E-state index contributed by atoms with van der Waals surface area (Å²) in [6.45, 7) is 0. The fourth-order valence-electron chi connectivity index (χ4n) is 3.32. The highest BCUT2D eigenvalue weighted by atomic mass is 32.2. The van der Waals surface area contributed by atoms with E-state index in [-0.39, 0.29) is 11.7 Å². The summed E-state index contributed by atoms with van der Waals surface area (Å²) >= 11 is 1.32. The lowest BCUT2D eigenvalue weighted by atomic mass is 10.1. The van der Waals surface area contributed by atoms with Crippen LogP contribution in [-0.2, 0) is 4.79 Å². The summed E-state index contributed by atoms with van der Waals surface area (Å²) < 4.78 is 17.9. The van der Waals surface area contributed by atoms with Crippen LogP contribution in [0.2, 0.25) is 0 Å². The van der Waals surface area contributed by atoms with Gasteiger partial charge >= 0.3 is 5.97 Å². The molecule has 1 N–H and O–H groups in total. The molecule has 0 radical (unpaired) electrons. The highest BCUT2D eigenvalue weighted by Gasteiger charge is 2.31. The normalized spacial score (nSPS) is 15.1. The van der Waals surface area contributed by atoms with Gasteiger partial charge in [0, 0.05) is 5.56 Å². The molecular weight excluding hydrogens is 420 g/mol. The third kappa shape index (κ3) is 3.93. The Morgan fingerprint density at radius 1 is 1.03 bits per heavy atom. The predicted molar refractivity (Wildman–Crippen MR) is 115 cm³/mol. The first kappa shape index (κ1) is 20.7. The average Bonchev–Trinajstić information content (AvgIpc) is 3.20. The Hall–Kier alpha value is -3.53. The molecule has 0 aliphatic carbocycles. The molecule has 1 aromatic heterocycles. The van der Waals surface area contributed by atoms with Gasteiger partial charge in [0.05, 0.1) is 38.7 Å². The van der Waals surface area contributed by atoms with Gasteiger partial charge < -0.3 is 19.3 Å². The number of hydrogen-bond acceptors (Lipinski definition) is 8. The Balaban J connectivity index is 1.85. The Morgan fingerprint density at radius 2 is 1.71 bits per heavy atom. The molecule has 0 saturated heterocycles. The molecule has 0 amide bonds. The van der Waals surface area contributed by atoms with E-state index >= 15 is 0 Å². The van der Waals surface area contributed by atoms with Gasteiger partial charge in [-0.1, -0.05) is 42.1 Å². The second-order valence-corrected chi connectivity index (χ2v) is 7.76. The zero-order chi connectivity index (χ0) is 22.0. The molecule has 0 spiro atoms. The van der Waals surface area contributed by atoms with Crippen molar-refractivity contribution < 1.29 is 24.1 Å². The number of aliphatic carboxylic acids is 1. The van der Waals surface area contributed by atoms with Crippen molar-refractivity contribution in [2.45, 2.75) is 16.8 Å². The summed E-state index contributed by atoms with van der Waals surface area (Å²) in [5, 5.41) is 22.8. The van der Waals surface area contributed by atoms with Crippen molar-refractivity contribution in [2.24, 2.45) is 5.10 Å². The van der Waals surface area contributed by atoms with Crippen LogP contribution in [0.5, 0.6) is 17.2 Å². The molecular formula is C21H20N4O5S. The van der Waals surface area contributed by atoms with Crippen LogP contribution >= 0.6 is 11.8 Å². The van der Waals surface area contributed by atoms with Gasteiger partial charge in [0.2, 0.25) is 10.9 Å². The van der Waals surface area contributed by atoms with Crippen LogP contribution in [0.25, 0.3) is 11.4 Å². The Bertz CT molecular complexity index is 1120. The lowest BCUT2D eigenvalue weighted by Gasteiger charge is -2.22. The fourth-order valence-corrected chi connectivity index (χ4v) is 4.41. The molecule has 1 aliphatic heterocycles. The SMILES string of the molecule is COc1cc(-c2nnc3n2N=C(c2ccccc2)C(CC(=O)O)S3)cc(OC)c1OC. The summed E-state index contributed by atoms with van der Waals surface area (Å²) in [5.41, 5.74) is 2.16. The van der Waals surface area contributed by atoms with Crippen LogP contribution in [0.1, 0.15) is 12.0 Å². The second-order valence-electron chi connectivity index (χ2n) is 6.59. The smallest absolute Gasteiger partial charge is 0.304 e. The van der Waals surface area contributed by atoms with E-state index in [9.17, 15) is 9.90 Å². The number of aromatic nitrogens is 3. The highest BCUT2D eigenvalue weighted by molar-refractivity contribution is 8.00. The number of hydrogen-bond donors (Lipinski definition) is 1. The molecule has 1 unspecified atom stereocenters. The topological polar surface area (TPSA) is 108 Å². The number of rotatable bonds is 7. The van der Waals surface area contributed by atoms with E-state index < -0.39 is 5.97 Å². The summed E-state index contributed by atoms with van der Waals surface area (Å²) in [7, 11) is 4.62. The van der Waals surface area contributed by atoms with Crippen LogP contribution in [0.15, 0.2) is 52.7 Å². The summed E-state index contributed by atoms with van der Waals surface area (Å²) in [6.07, 6.45) is -0.0786. The van der Waals surface area contributed by atoms with Crippen molar-refractivity contribution in [3.05, 3.63) is 48.0 Å². The number of fused-ring (bicyclic) bond motifs is 1. The Morgan fingerprint density at radius 3 is 2.29 bits per heavy atom. The standard InChI is InChI=1S/C21H20N4O5S/c1-28-14-9-13(10-15(29-2)19(14)30-3)20-22-23-21-25(20)24-18(12-7-5-4-6-8-12)16(31-21)11-17(26)27/h4-10,16H,11H2,1-3H3,(H,26,27). The molecule has 4 rings (SSSR count). The van der Waals surface area contributed by atoms with Gasteiger partial charge in [0.25, 0.3) is 0 Å². The summed E-state index contributed by atoms with van der Waals surface area (Å²) in [6, 6.07) is 13.0. The molecule has 3 aromatic rings. The summed E-state index contributed by atoms with van der Waals surface area (Å²) in [4.78, 5) is 11.4. The quantitative estimate of drug-likeness (QED) is 0.597. The van der Waals surface area contributed by atoms with E-state index in [1.807, 2.05) is 30.3 Å². The lowest BCUT2D eigenvalue weighted by Crippen LogP contribution is -2.27. The zero-order valence-electron chi connectivity index (χ0n) is 17.1. The third-order valence-corrected chi connectivity index (χ3v) is 5.86. The average molecular weight is 440 g/mol. The Labute approximate surface area is 182 Å². The van der Waals surface area contributed by atoms with E-state index in [1.165, 1.54) is 18.9 Å². The number of benzene rings is 2. The van der Waals surface area contributed by atoms with Crippen molar-refractivity contribution >= 4 is 23.4 Å².